The Kier molecular flexibility index (Phi) is 3.51. The quantitative estimate of drug-likeness (QED) is 0.906. The molecule has 0 unspecified atom stereocenters. The van der Waals surface area contributed by atoms with Crippen LogP contribution in [0.3, 0.4) is 0 Å². The molecule has 106 valence electrons. The Balaban J connectivity index is 1.84. The molecule has 3 heteroatoms. The SMILES string of the molecule is Cc1cn(CC(C)C)c(Nc2ccc3c(c2)CCC3)n1. The Labute approximate surface area is 121 Å². The number of nitrogens with one attached hydrogen (secondary N) is 1. The van der Waals surface area contributed by atoms with Crippen molar-refractivity contribution in [3.8, 4) is 0 Å². The third kappa shape index (κ3) is 2.72. The first-order chi connectivity index (χ1) is 9.61. The number of aryl methyl sites for hydroxylation is 3. The normalized spacial score (nSPS) is 13.8. The van der Waals surface area contributed by atoms with Crippen LogP contribution in [0.5, 0.6) is 0 Å². The Bertz CT molecular complexity index is 611. The fourth-order valence-electron chi connectivity index (χ4n) is 2.96. The van der Waals surface area contributed by atoms with Crippen molar-refractivity contribution in [3.63, 3.8) is 0 Å². The molecule has 1 aliphatic rings. The maximum Gasteiger partial charge on any atom is 0.207 e. The second kappa shape index (κ2) is 5.31. The van der Waals surface area contributed by atoms with Gasteiger partial charge in [-0.3, -0.25) is 0 Å². The molecule has 0 saturated heterocycles. The minimum atomic E-state index is 0.615. The van der Waals surface area contributed by atoms with Crippen molar-refractivity contribution in [2.24, 2.45) is 5.92 Å². The van der Waals surface area contributed by atoms with Crippen molar-refractivity contribution >= 4 is 11.6 Å². The van der Waals surface area contributed by atoms with Gasteiger partial charge in [0, 0.05) is 18.4 Å². The first-order valence-electron chi connectivity index (χ1n) is 7.54. The van der Waals surface area contributed by atoms with Gasteiger partial charge in [0.25, 0.3) is 0 Å². The van der Waals surface area contributed by atoms with Crippen molar-refractivity contribution in [3.05, 3.63) is 41.2 Å². The van der Waals surface area contributed by atoms with Gasteiger partial charge >= 0.3 is 0 Å². The van der Waals surface area contributed by atoms with Crippen LogP contribution in [-0.2, 0) is 19.4 Å². The van der Waals surface area contributed by atoms with Gasteiger partial charge in [0.05, 0.1) is 5.69 Å². The minimum Gasteiger partial charge on any atom is -0.326 e. The summed E-state index contributed by atoms with van der Waals surface area (Å²) in [6, 6.07) is 6.72. The van der Waals surface area contributed by atoms with Crippen molar-refractivity contribution in [1.82, 2.24) is 9.55 Å². The van der Waals surface area contributed by atoms with Gasteiger partial charge in [-0.2, -0.15) is 0 Å². The van der Waals surface area contributed by atoms with Gasteiger partial charge in [-0.1, -0.05) is 19.9 Å². The van der Waals surface area contributed by atoms with Crippen LogP contribution in [0.15, 0.2) is 24.4 Å². The fraction of sp³-hybridized carbons (Fsp3) is 0.471. The molecule has 2 aromatic rings. The number of imidazole rings is 1. The van der Waals surface area contributed by atoms with Gasteiger partial charge < -0.3 is 9.88 Å². The second-order valence-corrected chi connectivity index (χ2v) is 6.21. The average Bonchev–Trinajstić information content (AvgIpc) is 2.95. The third-order valence-electron chi connectivity index (χ3n) is 3.81. The molecule has 0 fully saturated rings. The van der Waals surface area contributed by atoms with E-state index in [9.17, 15) is 0 Å². The number of anilines is 2. The first kappa shape index (κ1) is 13.2. The van der Waals surface area contributed by atoms with Crippen molar-refractivity contribution < 1.29 is 0 Å². The lowest BCUT2D eigenvalue weighted by Crippen LogP contribution is -2.07. The molecule has 0 spiro atoms. The molecular formula is C17H23N3. The summed E-state index contributed by atoms with van der Waals surface area (Å²) in [6.45, 7) is 7.50. The van der Waals surface area contributed by atoms with E-state index in [1.165, 1.54) is 30.4 Å². The van der Waals surface area contributed by atoms with Gasteiger partial charge in [0.2, 0.25) is 5.95 Å². The number of hydrogen-bond acceptors (Lipinski definition) is 2. The molecule has 1 aromatic carbocycles. The van der Waals surface area contributed by atoms with Crippen LogP contribution in [-0.4, -0.2) is 9.55 Å². The molecule has 0 atom stereocenters. The summed E-state index contributed by atoms with van der Waals surface area (Å²) in [5, 5.41) is 3.48. The molecule has 1 aliphatic carbocycles. The predicted molar refractivity (Wildman–Crippen MR) is 83.6 cm³/mol. The summed E-state index contributed by atoms with van der Waals surface area (Å²) in [5.74, 6) is 1.57. The maximum absolute atomic E-state index is 4.60. The summed E-state index contributed by atoms with van der Waals surface area (Å²) < 4.78 is 2.22. The Morgan fingerprint density at radius 1 is 1.25 bits per heavy atom. The van der Waals surface area contributed by atoms with Crippen LogP contribution in [0.1, 0.15) is 37.1 Å². The van der Waals surface area contributed by atoms with Crippen molar-refractivity contribution in [1.29, 1.82) is 0 Å². The average molecular weight is 269 g/mol. The third-order valence-corrected chi connectivity index (χ3v) is 3.81. The number of hydrogen-bond donors (Lipinski definition) is 1. The highest BCUT2D eigenvalue weighted by molar-refractivity contribution is 5.57. The molecule has 3 rings (SSSR count). The van der Waals surface area contributed by atoms with E-state index in [1.807, 2.05) is 6.92 Å². The Hall–Kier alpha value is -1.77. The maximum atomic E-state index is 4.60. The van der Waals surface area contributed by atoms with Gasteiger partial charge in [-0.05, 0) is 55.4 Å². The lowest BCUT2D eigenvalue weighted by atomic mass is 10.1. The van der Waals surface area contributed by atoms with E-state index in [0.717, 1.165) is 23.9 Å². The molecular weight excluding hydrogens is 246 g/mol. The first-order valence-corrected chi connectivity index (χ1v) is 7.54. The summed E-state index contributed by atoms with van der Waals surface area (Å²) in [6.07, 6.45) is 5.86. The zero-order chi connectivity index (χ0) is 14.1. The molecule has 3 nitrogen and oxygen atoms in total. The van der Waals surface area contributed by atoms with E-state index in [-0.39, 0.29) is 0 Å². The number of rotatable bonds is 4. The van der Waals surface area contributed by atoms with Crippen LogP contribution < -0.4 is 5.32 Å². The molecule has 1 N–H and O–H groups in total. The second-order valence-electron chi connectivity index (χ2n) is 6.21. The van der Waals surface area contributed by atoms with Crippen LogP contribution in [0, 0.1) is 12.8 Å². The predicted octanol–water partition coefficient (Wildman–Crippen LogP) is 4.08. The lowest BCUT2D eigenvalue weighted by molar-refractivity contribution is 0.527. The lowest BCUT2D eigenvalue weighted by Gasteiger charge is -2.12. The Morgan fingerprint density at radius 3 is 2.85 bits per heavy atom. The highest BCUT2D eigenvalue weighted by Crippen LogP contribution is 2.26. The van der Waals surface area contributed by atoms with Gasteiger partial charge in [0.1, 0.15) is 0 Å². The fourth-order valence-corrected chi connectivity index (χ4v) is 2.96. The van der Waals surface area contributed by atoms with Crippen LogP contribution in [0.25, 0.3) is 0 Å². The summed E-state index contributed by atoms with van der Waals surface area (Å²) in [4.78, 5) is 4.60. The smallest absolute Gasteiger partial charge is 0.207 e. The number of aromatic nitrogens is 2. The van der Waals surface area contributed by atoms with Crippen LogP contribution >= 0.6 is 0 Å². The summed E-state index contributed by atoms with van der Waals surface area (Å²) >= 11 is 0. The van der Waals surface area contributed by atoms with E-state index >= 15 is 0 Å². The van der Waals surface area contributed by atoms with E-state index in [2.05, 4.69) is 53.1 Å². The molecule has 0 amide bonds. The number of fused-ring (bicyclic) bond motifs is 1. The van der Waals surface area contributed by atoms with E-state index in [1.54, 1.807) is 0 Å². The van der Waals surface area contributed by atoms with Crippen molar-refractivity contribution in [2.75, 3.05) is 5.32 Å². The zero-order valence-corrected chi connectivity index (χ0v) is 12.6. The topological polar surface area (TPSA) is 29.9 Å². The summed E-state index contributed by atoms with van der Waals surface area (Å²) in [5.41, 5.74) is 5.22. The molecule has 1 aromatic heterocycles. The van der Waals surface area contributed by atoms with Crippen LogP contribution in [0.2, 0.25) is 0 Å². The minimum absolute atomic E-state index is 0.615. The number of benzene rings is 1. The van der Waals surface area contributed by atoms with Crippen molar-refractivity contribution in [2.45, 2.75) is 46.6 Å². The standard InChI is InChI=1S/C17H23N3/c1-12(2)10-20-11-13(3)18-17(20)19-16-8-7-14-5-4-6-15(14)9-16/h7-9,11-12H,4-6,10H2,1-3H3,(H,18,19). The largest absolute Gasteiger partial charge is 0.326 e. The number of nitrogens with zero attached hydrogens (tertiary/aromatic N) is 2. The molecule has 0 aliphatic heterocycles. The molecule has 0 radical (unpaired) electrons. The summed E-state index contributed by atoms with van der Waals surface area (Å²) in [7, 11) is 0. The molecule has 0 bridgehead atoms. The van der Waals surface area contributed by atoms with Gasteiger partial charge in [-0.25, -0.2) is 4.98 Å². The van der Waals surface area contributed by atoms with Gasteiger partial charge in [-0.15, -0.1) is 0 Å². The molecule has 20 heavy (non-hydrogen) atoms. The molecule has 0 saturated carbocycles. The Morgan fingerprint density at radius 2 is 2.05 bits per heavy atom. The zero-order valence-electron chi connectivity index (χ0n) is 12.6. The van der Waals surface area contributed by atoms with Crippen LogP contribution in [0.4, 0.5) is 11.6 Å². The highest BCUT2D eigenvalue weighted by atomic mass is 15.2. The van der Waals surface area contributed by atoms with E-state index < -0.39 is 0 Å². The van der Waals surface area contributed by atoms with Gasteiger partial charge in [0.15, 0.2) is 0 Å². The highest BCUT2D eigenvalue weighted by Gasteiger charge is 2.12. The monoisotopic (exact) mass is 269 g/mol. The van der Waals surface area contributed by atoms with E-state index in [4.69, 9.17) is 0 Å². The van der Waals surface area contributed by atoms with E-state index in [0.29, 0.717) is 5.92 Å². The molecule has 1 heterocycles.